The molecule has 2 aliphatic rings. The number of carbonyl (C=O) groups excluding carboxylic acids is 1. The zero-order valence-electron chi connectivity index (χ0n) is 11.0. The van der Waals surface area contributed by atoms with Crippen molar-refractivity contribution in [3.63, 3.8) is 0 Å². The monoisotopic (exact) mass is 309 g/mol. The summed E-state index contributed by atoms with van der Waals surface area (Å²) in [6, 6.07) is 6.41. The van der Waals surface area contributed by atoms with Crippen molar-refractivity contribution in [1.29, 1.82) is 0 Å². The fourth-order valence-electron chi connectivity index (χ4n) is 1.85. The minimum Gasteiger partial charge on any atom is -0.462 e. The highest BCUT2D eigenvalue weighted by Crippen LogP contribution is 2.44. The van der Waals surface area contributed by atoms with Crippen molar-refractivity contribution in [2.24, 2.45) is 0 Å². The number of aromatic nitrogens is 1. The van der Waals surface area contributed by atoms with E-state index < -0.39 is 0 Å². The van der Waals surface area contributed by atoms with Crippen LogP contribution in [0.5, 0.6) is 0 Å². The van der Waals surface area contributed by atoms with E-state index in [0.717, 1.165) is 0 Å². The third-order valence-electron chi connectivity index (χ3n) is 2.71. The van der Waals surface area contributed by atoms with Crippen LogP contribution in [-0.2, 0) is 9.53 Å². The number of nitrogens with zero attached hydrogens (tertiary/aromatic N) is 1. The van der Waals surface area contributed by atoms with Crippen LogP contribution in [0.4, 0.5) is 0 Å². The SMILES string of the molecule is CC(C)(C)OC=O.Cc1c2c3cc(Br)ccc3n1-2. The van der Waals surface area contributed by atoms with Crippen LogP contribution in [0.3, 0.4) is 0 Å². The fourth-order valence-corrected chi connectivity index (χ4v) is 2.21. The molecule has 4 heteroatoms. The molecule has 0 fully saturated rings. The smallest absolute Gasteiger partial charge is 0.293 e. The number of halogens is 1. The highest BCUT2D eigenvalue weighted by molar-refractivity contribution is 9.10. The first kappa shape index (κ1) is 13.1. The Kier molecular flexibility index (Phi) is 3.23. The first-order valence-corrected chi connectivity index (χ1v) is 6.57. The average Bonchev–Trinajstić information content (AvgIpc) is 2.80. The summed E-state index contributed by atoms with van der Waals surface area (Å²) in [6.07, 6.45) is 0. The normalized spacial score (nSPS) is 11.8. The molecule has 0 N–H and O–H groups in total. The first-order valence-electron chi connectivity index (χ1n) is 5.77. The second kappa shape index (κ2) is 4.43. The predicted octanol–water partition coefficient (Wildman–Crippen LogP) is 3.97. The largest absolute Gasteiger partial charge is 0.462 e. The Bertz CT molecular complexity index is 608. The van der Waals surface area contributed by atoms with E-state index in [2.05, 4.69) is 50.4 Å². The minimum absolute atomic E-state index is 0.318. The third-order valence-corrected chi connectivity index (χ3v) is 3.20. The molecule has 2 aliphatic heterocycles. The summed E-state index contributed by atoms with van der Waals surface area (Å²) < 4.78 is 8.00. The van der Waals surface area contributed by atoms with Crippen molar-refractivity contribution >= 4 is 33.3 Å². The standard InChI is InChI=1S/C9H6BrN.C5H10O2/c1-5-9-7-4-6(10)2-3-8(7)11(5)9;1-5(2,3)7-4-6/h2-4H,1H3;4H,1-3H3. The van der Waals surface area contributed by atoms with Gasteiger partial charge in [0.15, 0.2) is 0 Å². The van der Waals surface area contributed by atoms with Crippen molar-refractivity contribution in [2.45, 2.75) is 33.3 Å². The molecule has 1 aromatic carbocycles. The van der Waals surface area contributed by atoms with Crippen molar-refractivity contribution in [2.75, 3.05) is 0 Å². The van der Waals surface area contributed by atoms with Crippen LogP contribution in [-0.4, -0.2) is 16.6 Å². The van der Waals surface area contributed by atoms with Crippen LogP contribution in [0.25, 0.3) is 16.6 Å². The molecule has 0 spiro atoms. The van der Waals surface area contributed by atoms with E-state index >= 15 is 0 Å². The van der Waals surface area contributed by atoms with Gasteiger partial charge in [-0.05, 0) is 45.9 Å². The Hall–Kier alpha value is -1.29. The molecule has 3 rings (SSSR count). The Morgan fingerprint density at radius 1 is 1.33 bits per heavy atom. The average molecular weight is 310 g/mol. The van der Waals surface area contributed by atoms with Crippen molar-refractivity contribution in [1.82, 2.24) is 4.57 Å². The lowest BCUT2D eigenvalue weighted by molar-refractivity contribution is -0.138. The van der Waals surface area contributed by atoms with Gasteiger partial charge in [-0.25, -0.2) is 0 Å². The van der Waals surface area contributed by atoms with Gasteiger partial charge in [0.2, 0.25) is 0 Å². The van der Waals surface area contributed by atoms with E-state index in [1.165, 1.54) is 26.8 Å². The maximum Gasteiger partial charge on any atom is 0.293 e. The van der Waals surface area contributed by atoms with Gasteiger partial charge in [0.25, 0.3) is 6.47 Å². The number of hydrogen-bond acceptors (Lipinski definition) is 2. The lowest BCUT2D eigenvalue weighted by Gasteiger charge is -2.14. The molecule has 18 heavy (non-hydrogen) atoms. The van der Waals surface area contributed by atoms with E-state index in [0.29, 0.717) is 6.47 Å². The number of hydrogen-bond donors (Lipinski definition) is 0. The van der Waals surface area contributed by atoms with E-state index in [1.54, 1.807) is 0 Å². The van der Waals surface area contributed by atoms with Gasteiger partial charge in [-0.3, -0.25) is 4.79 Å². The van der Waals surface area contributed by atoms with Gasteiger partial charge >= 0.3 is 0 Å². The fraction of sp³-hybridized carbons (Fsp3) is 0.357. The van der Waals surface area contributed by atoms with Crippen LogP contribution in [0, 0.1) is 6.92 Å². The molecule has 0 saturated carbocycles. The first-order chi connectivity index (χ1) is 8.35. The molecule has 0 unspecified atom stereocenters. The summed E-state index contributed by atoms with van der Waals surface area (Å²) in [5, 5.41) is 1.40. The summed E-state index contributed by atoms with van der Waals surface area (Å²) in [5.74, 6) is 0. The number of ether oxygens (including phenoxy) is 1. The van der Waals surface area contributed by atoms with E-state index in [9.17, 15) is 4.79 Å². The number of fused-ring (bicyclic) bond motifs is 4. The van der Waals surface area contributed by atoms with Gasteiger partial charge in [0.05, 0.1) is 11.2 Å². The van der Waals surface area contributed by atoms with Gasteiger partial charge in [0.1, 0.15) is 5.60 Å². The highest BCUT2D eigenvalue weighted by atomic mass is 79.9. The van der Waals surface area contributed by atoms with Crippen molar-refractivity contribution in [3.05, 3.63) is 28.4 Å². The van der Waals surface area contributed by atoms with Crippen molar-refractivity contribution < 1.29 is 9.53 Å². The second-order valence-corrected chi connectivity index (χ2v) is 6.17. The van der Waals surface area contributed by atoms with Gasteiger partial charge in [-0.1, -0.05) is 15.9 Å². The molecule has 96 valence electrons. The summed E-state index contributed by atoms with van der Waals surface area (Å²) in [6.45, 7) is 8.08. The zero-order chi connectivity index (χ0) is 13.5. The molecule has 1 aromatic rings. The molecule has 0 aliphatic carbocycles. The van der Waals surface area contributed by atoms with Crippen LogP contribution >= 0.6 is 15.9 Å². The molecule has 0 amide bonds. The summed E-state index contributed by atoms with van der Waals surface area (Å²) in [7, 11) is 0. The van der Waals surface area contributed by atoms with Gasteiger partial charge in [-0.15, -0.1) is 0 Å². The maximum absolute atomic E-state index is 9.60. The maximum atomic E-state index is 9.60. The van der Waals surface area contributed by atoms with E-state index in [4.69, 9.17) is 0 Å². The summed E-state index contributed by atoms with van der Waals surface area (Å²) in [5.41, 5.74) is 3.89. The molecule has 0 atom stereocenters. The van der Waals surface area contributed by atoms with Gasteiger partial charge in [0, 0.05) is 15.6 Å². The van der Waals surface area contributed by atoms with E-state index in [1.807, 2.05) is 20.8 Å². The predicted molar refractivity (Wildman–Crippen MR) is 76.2 cm³/mol. The Morgan fingerprint density at radius 3 is 2.50 bits per heavy atom. The molecule has 0 bridgehead atoms. The molecule has 0 radical (unpaired) electrons. The van der Waals surface area contributed by atoms with Crippen LogP contribution in [0.15, 0.2) is 22.7 Å². The Balaban J connectivity index is 0.000000152. The van der Waals surface area contributed by atoms with Crippen LogP contribution in [0.2, 0.25) is 0 Å². The number of rotatable bonds is 1. The third kappa shape index (κ3) is 2.43. The van der Waals surface area contributed by atoms with Crippen molar-refractivity contribution in [3.8, 4) is 5.69 Å². The molecular formula is C14H16BrNO2. The van der Waals surface area contributed by atoms with Gasteiger partial charge in [-0.2, -0.15) is 0 Å². The zero-order valence-corrected chi connectivity index (χ0v) is 12.5. The number of benzene rings is 1. The van der Waals surface area contributed by atoms with Gasteiger partial charge < -0.3 is 9.30 Å². The summed E-state index contributed by atoms with van der Waals surface area (Å²) in [4.78, 5) is 9.60. The summed E-state index contributed by atoms with van der Waals surface area (Å²) >= 11 is 3.45. The number of carbonyl (C=O) groups is 1. The second-order valence-electron chi connectivity index (χ2n) is 5.26. The van der Waals surface area contributed by atoms with Crippen LogP contribution in [0.1, 0.15) is 26.5 Å². The molecule has 0 aromatic heterocycles. The molecule has 0 saturated heterocycles. The van der Waals surface area contributed by atoms with E-state index in [-0.39, 0.29) is 5.60 Å². The molecule has 2 heterocycles. The topological polar surface area (TPSA) is 31.2 Å². The lowest BCUT2D eigenvalue weighted by Crippen LogP contribution is -2.17. The van der Waals surface area contributed by atoms with Crippen LogP contribution < -0.4 is 0 Å². The lowest BCUT2D eigenvalue weighted by atomic mass is 10.2. The quantitative estimate of drug-likeness (QED) is 0.637. The molecule has 3 nitrogen and oxygen atoms in total. The minimum atomic E-state index is -0.318. The Labute approximate surface area is 115 Å². The Morgan fingerprint density at radius 2 is 2.00 bits per heavy atom. The number of aryl methyl sites for hydroxylation is 1. The highest BCUT2D eigenvalue weighted by Gasteiger charge is 2.28. The molecular weight excluding hydrogens is 294 g/mol.